The van der Waals surface area contributed by atoms with Crippen molar-refractivity contribution in [3.63, 3.8) is 0 Å². The van der Waals surface area contributed by atoms with Crippen LogP contribution in [0, 0.1) is 17.2 Å². The van der Waals surface area contributed by atoms with Gasteiger partial charge in [0.1, 0.15) is 11.2 Å². The van der Waals surface area contributed by atoms with Crippen molar-refractivity contribution in [2.45, 2.75) is 58.4 Å². The summed E-state index contributed by atoms with van der Waals surface area (Å²) in [4.78, 5) is 32.1. The number of ether oxygens (including phenoxy) is 1. The van der Waals surface area contributed by atoms with E-state index in [-0.39, 0.29) is 11.9 Å². The van der Waals surface area contributed by atoms with Gasteiger partial charge in [-0.15, -0.1) is 0 Å². The van der Waals surface area contributed by atoms with Gasteiger partial charge in [0.15, 0.2) is 5.65 Å². The highest BCUT2D eigenvalue weighted by atomic mass is 35.5. The molecule has 1 aliphatic heterocycles. The van der Waals surface area contributed by atoms with Gasteiger partial charge in [-0.2, -0.15) is 4.98 Å². The van der Waals surface area contributed by atoms with Crippen LogP contribution in [0.5, 0.6) is 0 Å². The zero-order valence-electron chi connectivity index (χ0n) is 20.6. The van der Waals surface area contributed by atoms with Crippen LogP contribution < -0.4 is 10.6 Å². The lowest BCUT2D eigenvalue weighted by Gasteiger charge is -2.33. The fourth-order valence-corrected chi connectivity index (χ4v) is 5.66. The Labute approximate surface area is 214 Å². The zero-order chi connectivity index (χ0) is 25.4. The van der Waals surface area contributed by atoms with Crippen LogP contribution in [-0.2, 0) is 4.74 Å². The summed E-state index contributed by atoms with van der Waals surface area (Å²) in [6.45, 7) is 6.43. The molecule has 1 aliphatic carbocycles. The van der Waals surface area contributed by atoms with E-state index in [0.29, 0.717) is 27.8 Å². The van der Waals surface area contributed by atoms with Gasteiger partial charge in [-0.3, -0.25) is 10.4 Å². The number of fused-ring (bicyclic) bond motifs is 1. The molecule has 3 aromatic heterocycles. The van der Waals surface area contributed by atoms with Gasteiger partial charge in [-0.25, -0.2) is 14.8 Å². The molecule has 1 saturated heterocycles. The molecule has 2 aliphatic rings. The molecule has 1 unspecified atom stereocenters. The minimum absolute atomic E-state index is 0.0759. The molecule has 190 valence electrons. The minimum atomic E-state index is -1.10. The number of aromatic nitrogens is 5. The van der Waals surface area contributed by atoms with Crippen molar-refractivity contribution in [2.75, 3.05) is 18.0 Å². The fourth-order valence-electron chi connectivity index (χ4n) is 5.49. The number of hydrogen-bond donors (Lipinski definition) is 2. The van der Waals surface area contributed by atoms with Gasteiger partial charge in [0.2, 0.25) is 11.8 Å². The number of primary amides is 1. The number of hydrogen-bond acceptors (Lipinski definition) is 8. The maximum atomic E-state index is 11.3. The van der Waals surface area contributed by atoms with Crippen molar-refractivity contribution in [1.82, 2.24) is 24.5 Å². The Bertz CT molecular complexity index is 1290. The smallest absolute Gasteiger partial charge is 0.388 e. The van der Waals surface area contributed by atoms with Gasteiger partial charge in [-0.05, 0) is 50.5 Å². The Morgan fingerprint density at radius 1 is 1.17 bits per heavy atom. The zero-order valence-corrected chi connectivity index (χ0v) is 21.3. The SMILES string of the molecule is CC([C@H]1CC[C@H](C)CC1)n1c(N2CCCC2)nc2nc(C(=N)OC(N)=O)nc(-c3cncc(Cl)c3)c21. The third-order valence-electron chi connectivity index (χ3n) is 7.45. The maximum Gasteiger partial charge on any atom is 0.411 e. The summed E-state index contributed by atoms with van der Waals surface area (Å²) in [5.41, 5.74) is 7.55. The quantitative estimate of drug-likeness (QED) is 0.366. The van der Waals surface area contributed by atoms with E-state index < -0.39 is 12.0 Å². The molecule has 0 bridgehead atoms. The summed E-state index contributed by atoms with van der Waals surface area (Å²) in [5.74, 6) is 1.50. The summed E-state index contributed by atoms with van der Waals surface area (Å²) in [6, 6.07) is 1.94. The van der Waals surface area contributed by atoms with Crippen LogP contribution in [0.25, 0.3) is 22.4 Å². The van der Waals surface area contributed by atoms with E-state index in [1.807, 2.05) is 0 Å². The number of anilines is 1. The van der Waals surface area contributed by atoms with Crippen LogP contribution in [0.2, 0.25) is 5.02 Å². The summed E-state index contributed by atoms with van der Waals surface area (Å²) in [5, 5.41) is 8.66. The molecule has 10 nitrogen and oxygen atoms in total. The molecule has 0 aromatic carbocycles. The predicted molar refractivity (Wildman–Crippen MR) is 138 cm³/mol. The minimum Gasteiger partial charge on any atom is -0.388 e. The van der Waals surface area contributed by atoms with Crippen molar-refractivity contribution < 1.29 is 9.53 Å². The van der Waals surface area contributed by atoms with E-state index in [0.717, 1.165) is 56.2 Å². The van der Waals surface area contributed by atoms with Crippen molar-refractivity contribution in [3.05, 3.63) is 29.3 Å². The van der Waals surface area contributed by atoms with Crippen molar-refractivity contribution >= 4 is 40.7 Å². The molecule has 3 N–H and O–H groups in total. The Hall–Kier alpha value is -3.27. The molecule has 11 heteroatoms. The number of carbonyl (C=O) groups is 1. The largest absolute Gasteiger partial charge is 0.411 e. The average molecular weight is 511 g/mol. The molecule has 0 radical (unpaired) electrons. The summed E-state index contributed by atoms with van der Waals surface area (Å²) in [7, 11) is 0. The lowest BCUT2D eigenvalue weighted by molar-refractivity contribution is 0.207. The molecular weight excluding hydrogens is 480 g/mol. The monoisotopic (exact) mass is 510 g/mol. The molecule has 0 spiro atoms. The standard InChI is InChI=1S/C25H31ClN8O2/c1-14-5-7-16(8-6-14)15(2)34-20-19(17-11-18(26)13-29-12-17)30-23(21(27)36-24(28)35)31-22(20)32-25(34)33-9-3-4-10-33/h11-16,27H,3-10H2,1-2H3,(H2,28,35)/t14-,15?,16-. The van der Waals surface area contributed by atoms with E-state index in [2.05, 4.69) is 38.3 Å². The van der Waals surface area contributed by atoms with Crippen LogP contribution >= 0.6 is 11.6 Å². The molecule has 1 amide bonds. The van der Waals surface area contributed by atoms with Crippen molar-refractivity contribution in [2.24, 2.45) is 17.6 Å². The number of halogens is 1. The van der Waals surface area contributed by atoms with E-state index in [1.165, 1.54) is 12.8 Å². The molecule has 36 heavy (non-hydrogen) atoms. The van der Waals surface area contributed by atoms with Crippen molar-refractivity contribution in [3.8, 4) is 11.3 Å². The number of amides is 1. The van der Waals surface area contributed by atoms with Crippen LogP contribution in [0.15, 0.2) is 18.5 Å². The first-order valence-electron chi connectivity index (χ1n) is 12.5. The molecular formula is C25H31ClN8O2. The van der Waals surface area contributed by atoms with E-state index in [1.54, 1.807) is 18.5 Å². The number of carbonyl (C=O) groups excluding carboxylic acids is 1. The number of imidazole rings is 1. The molecule has 1 saturated carbocycles. The van der Waals surface area contributed by atoms with Gasteiger partial charge in [0, 0.05) is 37.1 Å². The van der Waals surface area contributed by atoms with Gasteiger partial charge >= 0.3 is 6.09 Å². The number of rotatable bonds is 5. The van der Waals surface area contributed by atoms with Crippen LogP contribution in [0.3, 0.4) is 0 Å². The third kappa shape index (κ3) is 4.74. The average Bonchev–Trinajstić information content (AvgIpc) is 3.51. The molecule has 2 fully saturated rings. The Balaban J connectivity index is 1.74. The Morgan fingerprint density at radius 2 is 1.89 bits per heavy atom. The molecule has 3 aromatic rings. The third-order valence-corrected chi connectivity index (χ3v) is 7.66. The first-order valence-corrected chi connectivity index (χ1v) is 12.9. The number of nitrogens with one attached hydrogen (secondary N) is 1. The summed E-state index contributed by atoms with van der Waals surface area (Å²) >= 11 is 6.30. The van der Waals surface area contributed by atoms with Gasteiger partial charge in [-0.1, -0.05) is 31.4 Å². The Morgan fingerprint density at radius 3 is 2.56 bits per heavy atom. The van der Waals surface area contributed by atoms with Crippen LogP contribution in [0.4, 0.5) is 10.7 Å². The van der Waals surface area contributed by atoms with Crippen molar-refractivity contribution in [1.29, 1.82) is 5.41 Å². The first-order chi connectivity index (χ1) is 17.3. The normalized spacial score (nSPS) is 21.0. The Kier molecular flexibility index (Phi) is 6.79. The second kappa shape index (κ2) is 10.0. The maximum absolute atomic E-state index is 11.3. The topological polar surface area (TPSA) is 136 Å². The van der Waals surface area contributed by atoms with Gasteiger partial charge in [0.05, 0.1) is 5.02 Å². The summed E-state index contributed by atoms with van der Waals surface area (Å²) < 4.78 is 7.08. The lowest BCUT2D eigenvalue weighted by Crippen LogP contribution is -2.27. The van der Waals surface area contributed by atoms with E-state index in [4.69, 9.17) is 32.5 Å². The number of pyridine rings is 1. The first kappa shape index (κ1) is 24.4. The second-order valence-corrected chi connectivity index (χ2v) is 10.4. The second-order valence-electron chi connectivity index (χ2n) is 9.95. The highest BCUT2D eigenvalue weighted by Crippen LogP contribution is 2.41. The van der Waals surface area contributed by atoms with Crippen LogP contribution in [-0.4, -0.2) is 49.6 Å². The highest BCUT2D eigenvalue weighted by molar-refractivity contribution is 6.30. The van der Waals surface area contributed by atoms with Gasteiger partial charge < -0.3 is 19.9 Å². The number of nitrogens with zero attached hydrogens (tertiary/aromatic N) is 6. The number of nitrogens with two attached hydrogens (primary N) is 1. The fraction of sp³-hybridized carbons (Fsp3) is 0.520. The predicted octanol–water partition coefficient (Wildman–Crippen LogP) is 4.95. The highest BCUT2D eigenvalue weighted by Gasteiger charge is 2.32. The molecule has 4 heterocycles. The van der Waals surface area contributed by atoms with E-state index >= 15 is 0 Å². The van der Waals surface area contributed by atoms with E-state index in [9.17, 15) is 4.79 Å². The summed E-state index contributed by atoms with van der Waals surface area (Å²) in [6.07, 6.45) is 9.10. The van der Waals surface area contributed by atoms with Crippen LogP contribution in [0.1, 0.15) is 64.2 Å². The van der Waals surface area contributed by atoms with Gasteiger partial charge in [0.25, 0.3) is 5.90 Å². The molecule has 1 atom stereocenters. The lowest BCUT2D eigenvalue weighted by atomic mass is 9.79. The molecule has 5 rings (SSSR count).